The summed E-state index contributed by atoms with van der Waals surface area (Å²) in [5.74, 6) is 0. The monoisotopic (exact) mass is 236 g/mol. The Morgan fingerprint density at radius 2 is 1.33 bits per heavy atom. The number of hydrogen-bond acceptors (Lipinski definition) is 0. The van der Waals surface area contributed by atoms with E-state index in [4.69, 9.17) is 0 Å². The Kier molecular flexibility index (Phi) is 4.35. The van der Waals surface area contributed by atoms with Crippen LogP contribution in [0.25, 0.3) is 5.57 Å². The fourth-order valence-corrected chi connectivity index (χ4v) is 2.24. The molecule has 0 bridgehead atoms. The van der Waals surface area contributed by atoms with Crippen LogP contribution in [-0.2, 0) is 12.8 Å². The lowest BCUT2D eigenvalue weighted by molar-refractivity contribution is 0.912. The Morgan fingerprint density at radius 3 is 1.78 bits per heavy atom. The molecule has 0 nitrogen and oxygen atoms in total. The summed E-state index contributed by atoms with van der Waals surface area (Å²) >= 11 is 0. The van der Waals surface area contributed by atoms with Gasteiger partial charge in [0.2, 0.25) is 0 Å². The zero-order chi connectivity index (χ0) is 12.8. The molecule has 0 N–H and O–H groups in total. The second-order valence-corrected chi connectivity index (χ2v) is 4.77. The van der Waals surface area contributed by atoms with Crippen LogP contribution in [0.1, 0.15) is 30.0 Å². The first-order valence-electron chi connectivity index (χ1n) is 6.55. The van der Waals surface area contributed by atoms with Crippen molar-refractivity contribution in [1.82, 2.24) is 0 Å². The number of aryl methyl sites for hydroxylation is 2. The van der Waals surface area contributed by atoms with Gasteiger partial charge in [0, 0.05) is 0 Å². The summed E-state index contributed by atoms with van der Waals surface area (Å²) in [6, 6.07) is 18.9. The van der Waals surface area contributed by atoms with Crippen LogP contribution < -0.4 is 0 Å². The van der Waals surface area contributed by atoms with Crippen LogP contribution in [0.2, 0.25) is 0 Å². The number of allylic oxidation sites excluding steroid dienone is 1. The van der Waals surface area contributed by atoms with Crippen molar-refractivity contribution in [3.05, 3.63) is 77.9 Å². The Bertz CT molecular complexity index is 486. The van der Waals surface area contributed by atoms with E-state index in [2.05, 4.69) is 43.0 Å². The number of hydrogen-bond donors (Lipinski definition) is 0. The Hall–Kier alpha value is -1.82. The van der Waals surface area contributed by atoms with Crippen LogP contribution in [0.4, 0.5) is 0 Å². The molecule has 92 valence electrons. The lowest BCUT2D eigenvalue weighted by Crippen LogP contribution is -1.77. The van der Waals surface area contributed by atoms with Crippen molar-refractivity contribution in [3.8, 4) is 0 Å². The summed E-state index contributed by atoms with van der Waals surface area (Å²) in [7, 11) is 0. The normalized spacial score (nSPS) is 12.3. The molecular formula is C18H20. The van der Waals surface area contributed by atoms with Gasteiger partial charge in [-0.3, -0.25) is 0 Å². The van der Waals surface area contributed by atoms with E-state index in [1.807, 2.05) is 25.1 Å². The van der Waals surface area contributed by atoms with Crippen LogP contribution in [0.5, 0.6) is 0 Å². The highest BCUT2D eigenvalue weighted by Crippen LogP contribution is 2.20. The molecule has 0 spiro atoms. The van der Waals surface area contributed by atoms with Gasteiger partial charge in [-0.05, 0) is 42.9 Å². The van der Waals surface area contributed by atoms with Crippen LogP contribution in [-0.4, -0.2) is 0 Å². The zero-order valence-electron chi connectivity index (χ0n) is 11.0. The topological polar surface area (TPSA) is 0 Å². The van der Waals surface area contributed by atoms with Crippen molar-refractivity contribution in [2.75, 3.05) is 0 Å². The molecule has 0 aliphatic heterocycles. The Labute approximate surface area is 110 Å². The van der Waals surface area contributed by atoms with Gasteiger partial charge in [0.15, 0.2) is 0 Å². The highest BCUT2D eigenvalue weighted by molar-refractivity contribution is 5.60. The van der Waals surface area contributed by atoms with Crippen molar-refractivity contribution in [2.45, 2.75) is 26.2 Å². The van der Waals surface area contributed by atoms with E-state index in [1.54, 1.807) is 11.1 Å². The van der Waals surface area contributed by atoms with Crippen molar-refractivity contribution in [2.24, 2.45) is 0 Å². The zero-order valence-corrected chi connectivity index (χ0v) is 11.0. The van der Waals surface area contributed by atoms with Crippen LogP contribution in [0.15, 0.2) is 61.2 Å². The first kappa shape index (κ1) is 12.6. The number of fused-ring (bicyclic) bond motifs is 1. The average molecular weight is 236 g/mol. The predicted octanol–water partition coefficient (Wildman–Crippen LogP) is 4.90. The van der Waals surface area contributed by atoms with Crippen molar-refractivity contribution < 1.29 is 0 Å². The predicted molar refractivity (Wildman–Crippen MR) is 79.6 cm³/mol. The van der Waals surface area contributed by atoms with E-state index in [9.17, 15) is 0 Å². The van der Waals surface area contributed by atoms with Gasteiger partial charge in [-0.2, -0.15) is 0 Å². The van der Waals surface area contributed by atoms with E-state index >= 15 is 0 Å². The molecule has 1 aliphatic carbocycles. The Balaban J connectivity index is 0.000000134. The molecule has 1 aliphatic rings. The van der Waals surface area contributed by atoms with E-state index < -0.39 is 0 Å². The van der Waals surface area contributed by atoms with Gasteiger partial charge < -0.3 is 0 Å². The highest BCUT2D eigenvalue weighted by Gasteiger charge is 2.07. The maximum atomic E-state index is 3.83. The lowest BCUT2D eigenvalue weighted by Gasteiger charge is -1.94. The van der Waals surface area contributed by atoms with Gasteiger partial charge in [0.1, 0.15) is 0 Å². The molecule has 0 fully saturated rings. The highest BCUT2D eigenvalue weighted by atomic mass is 14.1. The fraction of sp³-hybridized carbons (Fsp3) is 0.222. The van der Waals surface area contributed by atoms with E-state index in [0.717, 1.165) is 5.57 Å². The van der Waals surface area contributed by atoms with Crippen LogP contribution >= 0.6 is 0 Å². The summed E-state index contributed by atoms with van der Waals surface area (Å²) in [6.45, 7) is 5.83. The fourth-order valence-electron chi connectivity index (χ4n) is 2.24. The molecule has 0 amide bonds. The molecule has 3 rings (SSSR count). The van der Waals surface area contributed by atoms with Crippen molar-refractivity contribution in [1.29, 1.82) is 0 Å². The molecule has 0 atom stereocenters. The summed E-state index contributed by atoms with van der Waals surface area (Å²) in [5.41, 5.74) is 5.48. The number of rotatable bonds is 1. The van der Waals surface area contributed by atoms with Gasteiger partial charge in [0.25, 0.3) is 0 Å². The van der Waals surface area contributed by atoms with E-state index in [-0.39, 0.29) is 0 Å². The van der Waals surface area contributed by atoms with Gasteiger partial charge >= 0.3 is 0 Å². The standard InChI is InChI=1S/2C9H10/c1-2-5-9-7-3-6-8(9)4-1;1-8(2)9-6-4-3-5-7-9/h1-2,4-5H,3,6-7H2;3-7H,1H2,2H3. The summed E-state index contributed by atoms with van der Waals surface area (Å²) in [4.78, 5) is 0. The molecule has 0 radical (unpaired) electrons. The smallest absolute Gasteiger partial charge is 0.0233 e. The molecule has 0 heterocycles. The third-order valence-corrected chi connectivity index (χ3v) is 3.28. The van der Waals surface area contributed by atoms with Crippen molar-refractivity contribution in [3.63, 3.8) is 0 Å². The maximum absolute atomic E-state index is 3.83. The average Bonchev–Trinajstić information content (AvgIpc) is 2.89. The quantitative estimate of drug-likeness (QED) is 0.661. The molecule has 2 aromatic rings. The molecule has 0 aromatic heterocycles. The molecule has 0 saturated heterocycles. The minimum Gasteiger partial charge on any atom is -0.0955 e. The van der Waals surface area contributed by atoms with Gasteiger partial charge in [-0.15, -0.1) is 0 Å². The minimum absolute atomic E-state index is 1.12. The lowest BCUT2D eigenvalue weighted by atomic mass is 10.1. The summed E-state index contributed by atoms with van der Waals surface area (Å²) in [5, 5.41) is 0. The molecule has 0 unspecified atom stereocenters. The first-order chi connectivity index (χ1) is 8.77. The van der Waals surface area contributed by atoms with E-state index in [0.29, 0.717) is 0 Å². The van der Waals surface area contributed by atoms with Crippen LogP contribution in [0, 0.1) is 0 Å². The third-order valence-electron chi connectivity index (χ3n) is 3.28. The summed E-state index contributed by atoms with van der Waals surface area (Å²) < 4.78 is 0. The van der Waals surface area contributed by atoms with Gasteiger partial charge in [-0.25, -0.2) is 0 Å². The minimum atomic E-state index is 1.12. The molecule has 0 heteroatoms. The van der Waals surface area contributed by atoms with E-state index in [1.165, 1.54) is 24.8 Å². The molecular weight excluding hydrogens is 216 g/mol. The van der Waals surface area contributed by atoms with Gasteiger partial charge in [0.05, 0.1) is 0 Å². The molecule has 18 heavy (non-hydrogen) atoms. The first-order valence-corrected chi connectivity index (χ1v) is 6.55. The second-order valence-electron chi connectivity index (χ2n) is 4.77. The SMILES string of the molecule is C=C(C)c1ccccc1.c1ccc2c(c1)CCC2. The summed E-state index contributed by atoms with van der Waals surface area (Å²) in [6.07, 6.45) is 3.96. The van der Waals surface area contributed by atoms with Crippen LogP contribution in [0.3, 0.4) is 0 Å². The molecule has 0 saturated carbocycles. The second kappa shape index (κ2) is 6.20. The van der Waals surface area contributed by atoms with Gasteiger partial charge in [-0.1, -0.05) is 66.7 Å². The Morgan fingerprint density at radius 1 is 0.833 bits per heavy atom. The maximum Gasteiger partial charge on any atom is -0.0233 e. The number of benzene rings is 2. The van der Waals surface area contributed by atoms with Crippen molar-refractivity contribution >= 4 is 5.57 Å². The largest absolute Gasteiger partial charge is 0.0955 e. The third kappa shape index (κ3) is 3.33. The molecule has 2 aromatic carbocycles.